The monoisotopic (exact) mass is 422 g/mol. The molecule has 0 unspecified atom stereocenters. The Hall–Kier alpha value is -2.56. The van der Waals surface area contributed by atoms with Crippen molar-refractivity contribution in [2.75, 3.05) is 24.6 Å². The Kier molecular flexibility index (Phi) is 4.30. The Morgan fingerprint density at radius 3 is 2.11 bits per heavy atom. The molecule has 2 heterocycles. The van der Waals surface area contributed by atoms with Gasteiger partial charge in [0.1, 0.15) is 10.7 Å². The number of likely N-dealkylation sites (tertiary alicyclic amines) is 1. The lowest BCUT2D eigenvalue weighted by Gasteiger charge is -2.40. The molecule has 1 aromatic heterocycles. The van der Waals surface area contributed by atoms with Crippen LogP contribution in [0.15, 0.2) is 41.4 Å². The molecule has 3 rings (SSSR count). The molecule has 1 aromatic carbocycles. The predicted molar refractivity (Wildman–Crippen MR) is 98.8 cm³/mol. The maximum absolute atomic E-state index is 12.8. The highest BCUT2D eigenvalue weighted by molar-refractivity contribution is 8.45. The molecule has 1 amide bonds. The number of nitrogens with zero attached hydrogens (tertiary/aromatic N) is 2. The van der Waals surface area contributed by atoms with E-state index in [4.69, 9.17) is 11.5 Å². The van der Waals surface area contributed by atoms with Crippen LogP contribution in [-0.2, 0) is 0 Å². The number of pyridine rings is 1. The third kappa shape index (κ3) is 4.13. The van der Waals surface area contributed by atoms with Gasteiger partial charge in [-0.3, -0.25) is 4.79 Å². The fourth-order valence-corrected chi connectivity index (χ4v) is 3.94. The third-order valence-electron chi connectivity index (χ3n) is 4.82. The normalized spacial score (nSPS) is 18.4. The molecule has 0 aliphatic carbocycles. The molecule has 11 heteroatoms. The van der Waals surface area contributed by atoms with Gasteiger partial charge in [-0.25, -0.2) is 4.98 Å². The molecule has 154 valence electrons. The van der Waals surface area contributed by atoms with Gasteiger partial charge in [0.25, 0.3) is 5.91 Å². The highest BCUT2D eigenvalue weighted by atomic mass is 32.5. The summed E-state index contributed by atoms with van der Waals surface area (Å²) in [6.45, 7) is 0.711. The largest absolute Gasteiger partial charge is 0.396 e. The molecule has 0 spiro atoms. The van der Waals surface area contributed by atoms with Crippen molar-refractivity contribution in [3.05, 3.63) is 47.7 Å². The molecule has 5 nitrogen and oxygen atoms in total. The summed E-state index contributed by atoms with van der Waals surface area (Å²) < 4.78 is 63.9. The smallest absolute Gasteiger partial charge is 0.310 e. The van der Waals surface area contributed by atoms with E-state index in [1.807, 2.05) is 0 Å². The molecule has 0 radical (unpaired) electrons. The molecule has 1 fully saturated rings. The number of hydrogen-bond acceptors (Lipinski definition) is 4. The minimum absolute atomic E-state index is 0.0725. The number of carbonyl (C=O) groups excluding carboxylic acids is 1. The number of anilines is 2. The van der Waals surface area contributed by atoms with Gasteiger partial charge < -0.3 is 16.4 Å². The number of benzene rings is 1. The van der Waals surface area contributed by atoms with Gasteiger partial charge in [-0.2, -0.15) is 0 Å². The number of hydrogen-bond donors (Lipinski definition) is 2. The van der Waals surface area contributed by atoms with Crippen molar-refractivity contribution in [3.63, 3.8) is 0 Å². The zero-order valence-corrected chi connectivity index (χ0v) is 15.4. The Morgan fingerprint density at radius 2 is 1.57 bits per heavy atom. The van der Waals surface area contributed by atoms with Crippen molar-refractivity contribution in [1.29, 1.82) is 0 Å². The van der Waals surface area contributed by atoms with Crippen molar-refractivity contribution in [2.45, 2.75) is 23.7 Å². The highest BCUT2D eigenvalue weighted by Crippen LogP contribution is 3.02. The number of amides is 1. The molecule has 1 aliphatic heterocycles. The second-order valence-electron chi connectivity index (χ2n) is 6.76. The van der Waals surface area contributed by atoms with Gasteiger partial charge in [0.2, 0.25) is 0 Å². The van der Waals surface area contributed by atoms with Gasteiger partial charge in [-0.15, -0.1) is 0 Å². The number of piperidine rings is 1. The van der Waals surface area contributed by atoms with E-state index >= 15 is 0 Å². The first-order chi connectivity index (χ1) is 12.8. The number of aromatic nitrogens is 1. The van der Waals surface area contributed by atoms with E-state index in [9.17, 15) is 24.2 Å². The molecule has 0 bridgehead atoms. The summed E-state index contributed by atoms with van der Waals surface area (Å²) in [6.07, 6.45) is 2.73. The van der Waals surface area contributed by atoms with Gasteiger partial charge in [-0.05, 0) is 54.7 Å². The van der Waals surface area contributed by atoms with Crippen LogP contribution in [0, 0.1) is 0 Å². The molecule has 2 aromatic rings. The number of nitrogen functional groups attached to an aromatic ring is 2. The zero-order chi connectivity index (χ0) is 20.8. The summed E-state index contributed by atoms with van der Waals surface area (Å²) in [5, 5.41) is 0. The second-order valence-corrected chi connectivity index (χ2v) is 9.17. The predicted octanol–water partition coefficient (Wildman–Crippen LogP) is 4.92. The average molecular weight is 422 g/mol. The Balaban J connectivity index is 1.70. The first-order valence-electron chi connectivity index (χ1n) is 8.39. The highest BCUT2D eigenvalue weighted by Gasteiger charge is 2.65. The Morgan fingerprint density at radius 1 is 1.00 bits per heavy atom. The van der Waals surface area contributed by atoms with E-state index in [-0.39, 0.29) is 29.4 Å². The van der Waals surface area contributed by atoms with Crippen LogP contribution in [0.4, 0.5) is 30.9 Å². The third-order valence-corrected chi connectivity index (χ3v) is 5.99. The fraction of sp³-hybridized carbons (Fsp3) is 0.294. The van der Waals surface area contributed by atoms with Crippen LogP contribution in [0.2, 0.25) is 0 Å². The number of nitrogens with two attached hydrogens (primary N) is 2. The van der Waals surface area contributed by atoms with Crippen LogP contribution in [0.1, 0.15) is 34.7 Å². The van der Waals surface area contributed by atoms with Gasteiger partial charge in [0.05, 0.1) is 5.69 Å². The van der Waals surface area contributed by atoms with Gasteiger partial charge in [0.15, 0.2) is 0 Å². The second kappa shape index (κ2) is 5.97. The number of halogens is 5. The SMILES string of the molecule is Nc1nccc(C2CCN(C(=O)c3ccc(S(F)(F)(F)(F)F)cc3)CC2)c1N. The maximum atomic E-state index is 12.8. The fourth-order valence-electron chi connectivity index (χ4n) is 3.29. The lowest BCUT2D eigenvalue weighted by atomic mass is 9.88. The molecule has 0 saturated carbocycles. The van der Waals surface area contributed by atoms with E-state index in [0.29, 0.717) is 31.6 Å². The molecule has 4 N–H and O–H groups in total. The van der Waals surface area contributed by atoms with E-state index in [2.05, 4.69) is 4.98 Å². The summed E-state index contributed by atoms with van der Waals surface area (Å²) in [6, 6.07) is 3.84. The van der Waals surface area contributed by atoms with Crippen molar-refractivity contribution >= 4 is 27.6 Å². The van der Waals surface area contributed by atoms with Crippen LogP contribution in [0.5, 0.6) is 0 Å². The van der Waals surface area contributed by atoms with Crippen molar-refractivity contribution in [2.24, 2.45) is 0 Å². The zero-order valence-electron chi connectivity index (χ0n) is 14.6. The number of rotatable bonds is 3. The van der Waals surface area contributed by atoms with E-state index in [1.165, 1.54) is 4.90 Å². The van der Waals surface area contributed by atoms with Crippen LogP contribution < -0.4 is 11.5 Å². The Bertz CT molecular complexity index is 910. The van der Waals surface area contributed by atoms with Crippen molar-refractivity contribution < 1.29 is 24.2 Å². The van der Waals surface area contributed by atoms with Crippen molar-refractivity contribution in [3.8, 4) is 0 Å². The van der Waals surface area contributed by atoms with Crippen LogP contribution in [-0.4, -0.2) is 28.9 Å². The minimum atomic E-state index is -9.75. The lowest BCUT2D eigenvalue weighted by Crippen LogP contribution is -2.38. The van der Waals surface area contributed by atoms with Crippen LogP contribution in [0.3, 0.4) is 0 Å². The quantitative estimate of drug-likeness (QED) is 0.688. The molecule has 1 saturated heterocycles. The molecular weight excluding hydrogens is 403 g/mol. The average Bonchev–Trinajstić information content (AvgIpc) is 2.62. The first kappa shape index (κ1) is 20.2. The van der Waals surface area contributed by atoms with Gasteiger partial charge in [0, 0.05) is 24.8 Å². The van der Waals surface area contributed by atoms with Gasteiger partial charge >= 0.3 is 10.2 Å². The Labute approximate surface area is 158 Å². The minimum Gasteiger partial charge on any atom is -0.396 e. The molecule has 1 aliphatic rings. The van der Waals surface area contributed by atoms with Crippen LogP contribution in [0.25, 0.3) is 0 Å². The summed E-state index contributed by atoms with van der Waals surface area (Å²) >= 11 is 0. The van der Waals surface area contributed by atoms with E-state index in [0.717, 1.165) is 17.7 Å². The van der Waals surface area contributed by atoms with Gasteiger partial charge in [-0.1, -0.05) is 19.4 Å². The summed E-state index contributed by atoms with van der Waals surface area (Å²) in [5.41, 5.74) is 12.8. The number of carbonyl (C=O) groups is 1. The molecular formula is C17H19F5N4OS. The standard InChI is InChI=1S/C17H19F5N4OS/c18-28(19,20,21,22)13-3-1-12(2-4-13)17(27)26-9-6-11(7-10-26)14-5-8-25-16(24)15(14)23/h1-5,8,11H,6-7,9-10,23H2,(H2,24,25). The summed E-state index contributed by atoms with van der Waals surface area (Å²) in [4.78, 5) is 15.9. The topological polar surface area (TPSA) is 85.2 Å². The van der Waals surface area contributed by atoms with Crippen molar-refractivity contribution in [1.82, 2.24) is 9.88 Å². The van der Waals surface area contributed by atoms with Crippen LogP contribution >= 0.6 is 10.2 Å². The van der Waals surface area contributed by atoms with E-state index in [1.54, 1.807) is 12.3 Å². The van der Waals surface area contributed by atoms with E-state index < -0.39 is 21.0 Å². The first-order valence-corrected chi connectivity index (χ1v) is 10.3. The summed E-state index contributed by atoms with van der Waals surface area (Å²) in [5.74, 6) is -0.195. The maximum Gasteiger partial charge on any atom is 0.310 e. The molecule has 28 heavy (non-hydrogen) atoms. The molecule has 0 atom stereocenters. The lowest BCUT2D eigenvalue weighted by molar-refractivity contribution is 0.0713. The summed E-state index contributed by atoms with van der Waals surface area (Å²) in [7, 11) is -9.75.